The number of carbonyl (C=O) groups is 3. The van der Waals surface area contributed by atoms with Crippen molar-refractivity contribution in [3.8, 4) is 5.75 Å². The van der Waals surface area contributed by atoms with Gasteiger partial charge in [0.2, 0.25) is 0 Å². The fourth-order valence-corrected chi connectivity index (χ4v) is 5.13. The molecule has 188 valence electrons. The van der Waals surface area contributed by atoms with Gasteiger partial charge in [-0.25, -0.2) is 14.5 Å². The lowest BCUT2D eigenvalue weighted by Gasteiger charge is -2.32. The molecule has 2 aromatic carbocycles. The molecule has 4 amide bonds. The van der Waals surface area contributed by atoms with Crippen LogP contribution >= 0.6 is 0 Å². The first-order chi connectivity index (χ1) is 17.1. The molecule has 36 heavy (non-hydrogen) atoms. The Balaban J connectivity index is 1.62. The molecule has 2 aliphatic heterocycles. The molecule has 0 aromatic heterocycles. The summed E-state index contributed by atoms with van der Waals surface area (Å²) in [6.45, 7) is 14.4. The summed E-state index contributed by atoms with van der Waals surface area (Å²) in [6, 6.07) is 12.1. The summed E-state index contributed by atoms with van der Waals surface area (Å²) in [4.78, 5) is 46.1. The average Bonchev–Trinajstić information content (AvgIpc) is 3.29. The fraction of sp³-hybridized carbons (Fsp3) is 0.385. The van der Waals surface area contributed by atoms with E-state index >= 15 is 0 Å². The zero-order chi connectivity index (χ0) is 26.1. The molecule has 1 fully saturated rings. The number of amides is 4. The number of methoxy groups -OCH3 is 1. The summed E-state index contributed by atoms with van der Waals surface area (Å²) >= 11 is 0. The Kier molecular flexibility index (Phi) is 6.89. The van der Waals surface area contributed by atoms with Crippen LogP contribution < -0.4 is 10.1 Å². The lowest BCUT2D eigenvalue weighted by Crippen LogP contribution is -2.53. The molecule has 2 heterocycles. The number of imide groups is 1. The molecule has 1 atom stereocenters. The number of hydrogen-bond donors (Lipinski definition) is 1. The third kappa shape index (κ3) is 4.85. The lowest BCUT2D eigenvalue weighted by molar-refractivity contribution is -0.135. The highest BCUT2D eigenvalue weighted by molar-refractivity contribution is 6.76. The monoisotopic (exact) mass is 506 g/mol. The SMILES string of the molecule is [C-]#[N+]c1ccc([C@]2(CN3Cc4ccc(OC)cc4C3=O)NC(=O)N(COCC[Si](C)(C)C)C2=O)cc1. The van der Waals surface area contributed by atoms with Gasteiger partial charge in [-0.15, -0.1) is 0 Å². The van der Waals surface area contributed by atoms with Crippen LogP contribution in [0.1, 0.15) is 21.5 Å². The second kappa shape index (κ2) is 9.76. The molecular weight excluding hydrogens is 476 g/mol. The maximum absolute atomic E-state index is 13.8. The number of benzene rings is 2. The Morgan fingerprint density at radius 1 is 1.11 bits per heavy atom. The van der Waals surface area contributed by atoms with Crippen molar-refractivity contribution < 1.29 is 23.9 Å². The Morgan fingerprint density at radius 3 is 2.47 bits per heavy atom. The van der Waals surface area contributed by atoms with Gasteiger partial charge >= 0.3 is 6.03 Å². The number of ether oxygens (including phenoxy) is 2. The molecule has 0 aliphatic carbocycles. The molecule has 4 rings (SSSR count). The second-order valence-electron chi connectivity index (χ2n) is 10.3. The number of rotatable bonds is 9. The van der Waals surface area contributed by atoms with Gasteiger partial charge in [0.25, 0.3) is 11.8 Å². The van der Waals surface area contributed by atoms with E-state index in [4.69, 9.17) is 16.0 Å². The minimum atomic E-state index is -1.50. The van der Waals surface area contributed by atoms with Gasteiger partial charge in [0.15, 0.2) is 11.2 Å². The van der Waals surface area contributed by atoms with E-state index < -0.39 is 25.6 Å². The molecule has 0 unspecified atom stereocenters. The molecule has 1 N–H and O–H groups in total. The number of fused-ring (bicyclic) bond motifs is 1. The Bertz CT molecular complexity index is 1230. The number of nitrogens with one attached hydrogen (secondary N) is 1. The van der Waals surface area contributed by atoms with Crippen molar-refractivity contribution in [2.45, 2.75) is 37.8 Å². The number of urea groups is 1. The van der Waals surface area contributed by atoms with Crippen molar-refractivity contribution in [2.24, 2.45) is 0 Å². The van der Waals surface area contributed by atoms with Crippen LogP contribution in [-0.4, -0.2) is 62.7 Å². The Morgan fingerprint density at radius 2 is 1.83 bits per heavy atom. The van der Waals surface area contributed by atoms with Crippen LogP contribution in [0.4, 0.5) is 10.5 Å². The Hall–Kier alpha value is -3.68. The fourth-order valence-electron chi connectivity index (χ4n) is 4.37. The van der Waals surface area contributed by atoms with E-state index in [1.807, 2.05) is 6.07 Å². The van der Waals surface area contributed by atoms with Crippen molar-refractivity contribution in [3.05, 3.63) is 70.6 Å². The zero-order valence-electron chi connectivity index (χ0n) is 21.0. The summed E-state index contributed by atoms with van der Waals surface area (Å²) in [5, 5.41) is 2.85. The standard InChI is InChI=1S/C26H30N4O5Si/c1-27-20-9-7-19(8-10-20)26(16-29-15-18-6-11-21(34-2)14-22(18)23(29)31)24(32)30(25(33)28-26)17-35-12-13-36(3,4)5/h6-11,14H,12-13,15-17H2,2-5H3,(H,28,33)/t26-/m0/s1. The molecule has 9 nitrogen and oxygen atoms in total. The minimum absolute atomic E-state index is 0.0594. The van der Waals surface area contributed by atoms with E-state index in [0.717, 1.165) is 16.5 Å². The maximum Gasteiger partial charge on any atom is 0.327 e. The van der Waals surface area contributed by atoms with Crippen LogP contribution in [0.5, 0.6) is 5.75 Å². The van der Waals surface area contributed by atoms with E-state index in [0.29, 0.717) is 35.7 Å². The van der Waals surface area contributed by atoms with Crippen LogP contribution in [0, 0.1) is 6.57 Å². The molecule has 10 heteroatoms. The molecule has 0 spiro atoms. The summed E-state index contributed by atoms with van der Waals surface area (Å²) in [6.07, 6.45) is 0. The summed E-state index contributed by atoms with van der Waals surface area (Å²) in [5.74, 6) is -0.161. The molecule has 1 saturated heterocycles. The van der Waals surface area contributed by atoms with E-state index in [-0.39, 0.29) is 19.2 Å². The first kappa shape index (κ1) is 25.4. The summed E-state index contributed by atoms with van der Waals surface area (Å²) in [7, 11) is 0.201. The number of nitrogens with zero attached hydrogens (tertiary/aromatic N) is 3. The highest BCUT2D eigenvalue weighted by atomic mass is 28.3. The van der Waals surface area contributed by atoms with Crippen molar-refractivity contribution in [1.82, 2.24) is 15.1 Å². The van der Waals surface area contributed by atoms with Crippen LogP contribution in [0.2, 0.25) is 25.7 Å². The average molecular weight is 507 g/mol. The minimum Gasteiger partial charge on any atom is -0.497 e. The van der Waals surface area contributed by atoms with Gasteiger partial charge in [-0.2, -0.15) is 0 Å². The third-order valence-electron chi connectivity index (χ3n) is 6.51. The first-order valence-corrected chi connectivity index (χ1v) is 15.4. The molecule has 2 aliphatic rings. The molecule has 0 saturated carbocycles. The van der Waals surface area contributed by atoms with Crippen molar-refractivity contribution in [2.75, 3.05) is 27.0 Å². The summed E-state index contributed by atoms with van der Waals surface area (Å²) < 4.78 is 11.0. The smallest absolute Gasteiger partial charge is 0.327 e. The second-order valence-corrected chi connectivity index (χ2v) is 15.9. The van der Waals surface area contributed by atoms with Gasteiger partial charge < -0.3 is 19.7 Å². The van der Waals surface area contributed by atoms with Gasteiger partial charge in [-0.3, -0.25) is 9.59 Å². The zero-order valence-corrected chi connectivity index (χ0v) is 22.0. The van der Waals surface area contributed by atoms with E-state index in [1.165, 1.54) is 7.11 Å². The van der Waals surface area contributed by atoms with Crippen LogP contribution in [0.3, 0.4) is 0 Å². The lowest BCUT2D eigenvalue weighted by atomic mass is 9.88. The van der Waals surface area contributed by atoms with E-state index in [2.05, 4.69) is 29.8 Å². The highest BCUT2D eigenvalue weighted by Crippen LogP contribution is 2.35. The Labute approximate surface area is 211 Å². The van der Waals surface area contributed by atoms with Gasteiger partial charge in [0.05, 0.1) is 20.2 Å². The molecule has 2 aromatic rings. The van der Waals surface area contributed by atoms with Crippen molar-refractivity contribution in [1.29, 1.82) is 0 Å². The molecule has 0 bridgehead atoms. The predicted molar refractivity (Wildman–Crippen MR) is 136 cm³/mol. The highest BCUT2D eigenvalue weighted by Gasteiger charge is 2.54. The van der Waals surface area contributed by atoms with Crippen LogP contribution in [-0.2, 0) is 21.6 Å². The van der Waals surface area contributed by atoms with Gasteiger partial charge in [0.1, 0.15) is 12.5 Å². The van der Waals surface area contributed by atoms with E-state index in [9.17, 15) is 14.4 Å². The maximum atomic E-state index is 13.8. The van der Waals surface area contributed by atoms with Crippen molar-refractivity contribution >= 4 is 31.6 Å². The predicted octanol–water partition coefficient (Wildman–Crippen LogP) is 3.96. The number of carbonyl (C=O) groups excluding carboxylic acids is 3. The van der Waals surface area contributed by atoms with Gasteiger partial charge in [-0.1, -0.05) is 50.0 Å². The third-order valence-corrected chi connectivity index (χ3v) is 8.21. The topological polar surface area (TPSA) is 92.5 Å². The molecular formula is C26H30N4O5Si. The van der Waals surface area contributed by atoms with Gasteiger partial charge in [0, 0.05) is 26.8 Å². The van der Waals surface area contributed by atoms with E-state index in [1.54, 1.807) is 41.3 Å². The van der Waals surface area contributed by atoms with Crippen LogP contribution in [0.25, 0.3) is 4.85 Å². The quantitative estimate of drug-likeness (QED) is 0.241. The van der Waals surface area contributed by atoms with Crippen LogP contribution in [0.15, 0.2) is 42.5 Å². The van der Waals surface area contributed by atoms with Crippen molar-refractivity contribution in [3.63, 3.8) is 0 Å². The largest absolute Gasteiger partial charge is 0.497 e. The molecule has 0 radical (unpaired) electrons. The van der Waals surface area contributed by atoms with Gasteiger partial charge in [-0.05, 0) is 29.3 Å². The first-order valence-electron chi connectivity index (χ1n) is 11.7. The normalized spacial score (nSPS) is 19.4. The number of hydrogen-bond acceptors (Lipinski definition) is 5. The summed E-state index contributed by atoms with van der Waals surface area (Å²) in [5.41, 5.74) is 0.744.